The fourth-order valence-electron chi connectivity index (χ4n) is 11.2. The Morgan fingerprint density at radius 2 is 0.495 bits per heavy atom. The fourth-order valence-corrected chi connectivity index (χ4v) is 12.8. The van der Waals surface area contributed by atoms with E-state index in [2.05, 4.69) is 48.5 Å². The summed E-state index contributed by atoms with van der Waals surface area (Å²) in [5.41, 5.74) is 0. The van der Waals surface area contributed by atoms with E-state index in [4.69, 9.17) is 37.0 Å². The van der Waals surface area contributed by atoms with Gasteiger partial charge >= 0.3 is 39.5 Å². The van der Waals surface area contributed by atoms with Crippen LogP contribution in [0.5, 0.6) is 0 Å². The molecular weight excluding hydrogens is 1220 g/mol. The zero-order chi connectivity index (χ0) is 68.7. The summed E-state index contributed by atoms with van der Waals surface area (Å²) in [7, 11) is -9.91. The molecule has 0 rings (SSSR count). The van der Waals surface area contributed by atoms with E-state index in [1.54, 1.807) is 0 Å². The third-order valence-electron chi connectivity index (χ3n) is 17.1. The van der Waals surface area contributed by atoms with Crippen LogP contribution in [0.25, 0.3) is 0 Å². The summed E-state index contributed by atoms with van der Waals surface area (Å²) in [4.78, 5) is 72.7. The molecule has 5 atom stereocenters. The molecule has 3 N–H and O–H groups in total. The number of esters is 4. The molecule has 0 radical (unpaired) electrons. The summed E-state index contributed by atoms with van der Waals surface area (Å²) in [6.45, 7) is 11.8. The van der Waals surface area contributed by atoms with Gasteiger partial charge in [0.05, 0.1) is 26.4 Å². The number of hydrogen-bond donors (Lipinski definition) is 3. The van der Waals surface area contributed by atoms with Gasteiger partial charge in [-0.05, 0) is 43.4 Å². The highest BCUT2D eigenvalue weighted by Crippen LogP contribution is 2.45. The van der Waals surface area contributed by atoms with Gasteiger partial charge in [-0.2, -0.15) is 0 Å². The first-order chi connectivity index (χ1) is 44.7. The highest BCUT2D eigenvalue weighted by molar-refractivity contribution is 7.47. The normalized spacial score (nSPS) is 14.1. The van der Waals surface area contributed by atoms with Gasteiger partial charge in [0.1, 0.15) is 19.3 Å². The summed E-state index contributed by atoms with van der Waals surface area (Å²) in [5.74, 6) is 0.0799. The quantitative estimate of drug-likeness (QED) is 0.0222. The number of phosphoric acid groups is 2. The van der Waals surface area contributed by atoms with Crippen molar-refractivity contribution in [2.24, 2.45) is 17.8 Å². The Labute approximate surface area is 568 Å². The molecule has 17 nitrogen and oxygen atoms in total. The highest BCUT2D eigenvalue weighted by Gasteiger charge is 2.30. The lowest BCUT2D eigenvalue weighted by Crippen LogP contribution is -2.30. The van der Waals surface area contributed by atoms with Crippen molar-refractivity contribution in [1.29, 1.82) is 0 Å². The summed E-state index contributed by atoms with van der Waals surface area (Å²) in [6, 6.07) is 0. The molecule has 0 aliphatic rings. The van der Waals surface area contributed by atoms with Crippen molar-refractivity contribution in [3.63, 3.8) is 0 Å². The molecule has 0 aromatic heterocycles. The van der Waals surface area contributed by atoms with Gasteiger partial charge in [0.25, 0.3) is 0 Å². The minimum absolute atomic E-state index is 0.104. The van der Waals surface area contributed by atoms with Gasteiger partial charge in [-0.15, -0.1) is 0 Å². The molecule has 93 heavy (non-hydrogen) atoms. The number of aliphatic hydroxyl groups excluding tert-OH is 1. The summed E-state index contributed by atoms with van der Waals surface area (Å²) in [5, 5.41) is 10.6. The number of phosphoric ester groups is 2. The minimum atomic E-state index is -4.96. The Hall–Kier alpha value is -1.94. The predicted octanol–water partition coefficient (Wildman–Crippen LogP) is 21.4. The molecule has 0 aliphatic carbocycles. The topological polar surface area (TPSA) is 237 Å². The molecule has 0 saturated carbocycles. The van der Waals surface area contributed by atoms with Crippen LogP contribution in [0.4, 0.5) is 0 Å². The molecule has 0 aliphatic heterocycles. The Balaban J connectivity index is 5.24. The molecule has 0 spiro atoms. The van der Waals surface area contributed by atoms with Gasteiger partial charge in [-0.3, -0.25) is 37.3 Å². The molecular formula is C74H144O17P2. The smallest absolute Gasteiger partial charge is 0.462 e. The average Bonchev–Trinajstić information content (AvgIpc) is 1.42. The molecule has 0 heterocycles. The number of unbranched alkanes of at least 4 members (excludes halogenated alkanes) is 40. The van der Waals surface area contributed by atoms with Gasteiger partial charge in [-0.25, -0.2) is 9.13 Å². The maximum Gasteiger partial charge on any atom is 0.472 e. The van der Waals surface area contributed by atoms with Gasteiger partial charge in [0.2, 0.25) is 0 Å². The summed E-state index contributed by atoms with van der Waals surface area (Å²) < 4.78 is 68.4. The standard InChI is InChI=1S/C74H144O17P2/c1-8-9-10-11-12-13-14-15-16-17-20-23-28-33-41-48-55-71(76)84-61-69(90-73(78)57-50-43-34-29-24-21-18-19-22-26-31-38-45-52-65(2)3)63-88-92(80,81)86-59-68(75)60-87-93(82,83)89-64-70(62-85-72(77)56-49-42-37-36-40-47-54-67(6)7)91-74(79)58-51-44-35-30-25-27-32-39-46-53-66(4)5/h65-70,75H,8-64H2,1-7H3,(H,80,81)(H,82,83)/t68-,69-,70-/m1/s1. The molecule has 19 heteroatoms. The van der Waals surface area contributed by atoms with Crippen molar-refractivity contribution < 1.29 is 80.2 Å². The second-order valence-corrected chi connectivity index (χ2v) is 31.0. The first-order valence-corrected chi connectivity index (χ1v) is 41.3. The van der Waals surface area contributed by atoms with Crippen molar-refractivity contribution in [2.45, 2.75) is 394 Å². The van der Waals surface area contributed by atoms with Crippen molar-refractivity contribution in [1.82, 2.24) is 0 Å². The van der Waals surface area contributed by atoms with E-state index in [1.165, 1.54) is 180 Å². The number of hydrogen-bond acceptors (Lipinski definition) is 15. The highest BCUT2D eigenvalue weighted by atomic mass is 31.2. The number of carbonyl (C=O) groups excluding carboxylic acids is 4. The first kappa shape index (κ1) is 91.1. The van der Waals surface area contributed by atoms with Crippen LogP contribution in [0.15, 0.2) is 0 Å². The second-order valence-electron chi connectivity index (χ2n) is 28.1. The van der Waals surface area contributed by atoms with Gasteiger partial charge in [0.15, 0.2) is 12.2 Å². The van der Waals surface area contributed by atoms with Crippen LogP contribution in [-0.2, 0) is 65.4 Å². The molecule has 0 aromatic rings. The van der Waals surface area contributed by atoms with Crippen molar-refractivity contribution in [3.8, 4) is 0 Å². The number of rotatable bonds is 72. The van der Waals surface area contributed by atoms with Gasteiger partial charge in [0, 0.05) is 25.7 Å². The van der Waals surface area contributed by atoms with Crippen LogP contribution >= 0.6 is 15.6 Å². The van der Waals surface area contributed by atoms with Crippen LogP contribution in [0.2, 0.25) is 0 Å². The van der Waals surface area contributed by atoms with Crippen LogP contribution in [0.1, 0.15) is 376 Å². The SMILES string of the molecule is CCCCCCCCCCCCCCCCCCC(=O)OC[C@H](COP(=O)(O)OC[C@@H](O)COP(=O)(O)OC[C@@H](COC(=O)CCCCCCCCC(C)C)OC(=O)CCCCCCCCCCCC(C)C)OC(=O)CCCCCCCCCCCCCCCC(C)C. The number of ether oxygens (including phenoxy) is 4. The molecule has 0 aromatic carbocycles. The molecule has 0 fully saturated rings. The van der Waals surface area contributed by atoms with Crippen molar-refractivity contribution in [3.05, 3.63) is 0 Å². The van der Waals surface area contributed by atoms with Crippen molar-refractivity contribution >= 4 is 39.5 Å². The Kier molecular flexibility index (Phi) is 63.4. The van der Waals surface area contributed by atoms with Gasteiger partial charge < -0.3 is 33.8 Å². The maximum atomic E-state index is 13.1. The van der Waals surface area contributed by atoms with E-state index in [0.29, 0.717) is 31.6 Å². The Morgan fingerprint density at radius 1 is 0.290 bits per heavy atom. The van der Waals surface area contributed by atoms with E-state index in [0.717, 1.165) is 108 Å². The number of carbonyl (C=O) groups is 4. The first-order valence-electron chi connectivity index (χ1n) is 38.3. The predicted molar refractivity (Wildman–Crippen MR) is 377 cm³/mol. The molecule has 2 unspecified atom stereocenters. The lowest BCUT2D eigenvalue weighted by atomic mass is 10.0. The van der Waals surface area contributed by atoms with Gasteiger partial charge in [-0.1, -0.05) is 325 Å². The van der Waals surface area contributed by atoms with E-state index in [-0.39, 0.29) is 25.7 Å². The number of aliphatic hydroxyl groups is 1. The second kappa shape index (κ2) is 64.7. The van der Waals surface area contributed by atoms with Crippen molar-refractivity contribution in [2.75, 3.05) is 39.6 Å². The molecule has 0 bridgehead atoms. The van der Waals surface area contributed by atoms with Crippen LogP contribution in [0, 0.1) is 17.8 Å². The van der Waals surface area contributed by atoms with Crippen LogP contribution < -0.4 is 0 Å². The summed E-state index contributed by atoms with van der Waals surface area (Å²) >= 11 is 0. The Morgan fingerprint density at radius 3 is 0.731 bits per heavy atom. The third kappa shape index (κ3) is 68.4. The van der Waals surface area contributed by atoms with Crippen LogP contribution in [0.3, 0.4) is 0 Å². The van der Waals surface area contributed by atoms with E-state index in [9.17, 15) is 43.2 Å². The monoisotopic (exact) mass is 1370 g/mol. The fraction of sp³-hybridized carbons (Fsp3) is 0.946. The summed E-state index contributed by atoms with van der Waals surface area (Å²) in [6.07, 6.45) is 50.1. The average molecular weight is 1370 g/mol. The third-order valence-corrected chi connectivity index (χ3v) is 19.0. The van der Waals surface area contributed by atoms with Crippen LogP contribution in [-0.4, -0.2) is 96.7 Å². The van der Waals surface area contributed by atoms with E-state index >= 15 is 0 Å². The Bertz CT molecular complexity index is 1820. The zero-order valence-corrected chi connectivity index (χ0v) is 62.5. The van der Waals surface area contributed by atoms with E-state index in [1.807, 2.05) is 0 Å². The maximum absolute atomic E-state index is 13.1. The largest absolute Gasteiger partial charge is 0.472 e. The van der Waals surface area contributed by atoms with E-state index < -0.39 is 97.5 Å². The zero-order valence-electron chi connectivity index (χ0n) is 60.7. The molecule has 0 amide bonds. The lowest BCUT2D eigenvalue weighted by molar-refractivity contribution is -0.161. The minimum Gasteiger partial charge on any atom is -0.462 e. The molecule has 0 saturated heterocycles. The lowest BCUT2D eigenvalue weighted by Gasteiger charge is -2.21. The molecule has 552 valence electrons.